The van der Waals surface area contributed by atoms with Crippen LogP contribution in [0.5, 0.6) is 0 Å². The van der Waals surface area contributed by atoms with E-state index in [0.717, 1.165) is 0 Å². The number of nitrogens with zero attached hydrogens (tertiary/aromatic N) is 1. The summed E-state index contributed by atoms with van der Waals surface area (Å²) in [6.07, 6.45) is 1.30. The number of carbonyl (C=O) groups excluding carboxylic acids is 2. The van der Waals surface area contributed by atoms with Gasteiger partial charge in [-0.2, -0.15) is 0 Å². The molecule has 1 saturated heterocycles. The zero-order valence-electron chi connectivity index (χ0n) is 13.8. The highest BCUT2D eigenvalue weighted by atomic mass is 16.3. The number of hydrogen-bond acceptors (Lipinski definition) is 4. The molecule has 0 spiro atoms. The van der Waals surface area contributed by atoms with Gasteiger partial charge in [0.1, 0.15) is 11.9 Å². The van der Waals surface area contributed by atoms with Crippen molar-refractivity contribution in [3.05, 3.63) is 35.4 Å². The van der Waals surface area contributed by atoms with Crippen LogP contribution in [0.2, 0.25) is 0 Å². The molecule has 1 unspecified atom stereocenters. The van der Waals surface area contributed by atoms with Crippen molar-refractivity contribution in [3.63, 3.8) is 0 Å². The van der Waals surface area contributed by atoms with Gasteiger partial charge >= 0.3 is 0 Å². The molecule has 1 fully saturated rings. The van der Waals surface area contributed by atoms with Gasteiger partial charge in [0.25, 0.3) is 5.91 Å². The minimum atomic E-state index is -0.583. The van der Waals surface area contributed by atoms with Crippen molar-refractivity contribution >= 4 is 17.6 Å². The van der Waals surface area contributed by atoms with Crippen molar-refractivity contribution in [1.82, 2.24) is 10.2 Å². The van der Waals surface area contributed by atoms with E-state index in [-0.39, 0.29) is 23.8 Å². The Morgan fingerprint density at radius 1 is 1.29 bits per heavy atom. The van der Waals surface area contributed by atoms with E-state index in [1.807, 2.05) is 6.92 Å². The highest BCUT2D eigenvalue weighted by molar-refractivity contribution is 5.99. The summed E-state index contributed by atoms with van der Waals surface area (Å²) in [6, 6.07) is 5.79. The number of nitrogens with one attached hydrogen (secondary N) is 2. The number of nitrogen functional groups attached to an aromatic ring is 1. The topological polar surface area (TPSA) is 120 Å². The van der Waals surface area contributed by atoms with Gasteiger partial charge in [-0.05, 0) is 31.4 Å². The minimum absolute atomic E-state index is 0.0594. The van der Waals surface area contributed by atoms with E-state index in [4.69, 9.17) is 11.1 Å². The molecule has 24 heavy (non-hydrogen) atoms. The first-order chi connectivity index (χ1) is 11.4. The molecule has 0 radical (unpaired) electrons. The van der Waals surface area contributed by atoms with Crippen molar-refractivity contribution in [3.8, 4) is 0 Å². The molecule has 1 atom stereocenters. The van der Waals surface area contributed by atoms with Crippen LogP contribution < -0.4 is 11.1 Å². The molecule has 1 aliphatic rings. The summed E-state index contributed by atoms with van der Waals surface area (Å²) in [4.78, 5) is 26.6. The number of nitrogens with two attached hydrogens (primary N) is 1. The molecule has 0 aromatic heterocycles. The summed E-state index contributed by atoms with van der Waals surface area (Å²) in [5.74, 6) is -0.503. The lowest BCUT2D eigenvalue weighted by Gasteiger charge is -2.32. The molecule has 0 aliphatic carbocycles. The van der Waals surface area contributed by atoms with Gasteiger partial charge in [0.05, 0.1) is 6.10 Å². The van der Waals surface area contributed by atoms with Crippen LogP contribution in [0.3, 0.4) is 0 Å². The van der Waals surface area contributed by atoms with Gasteiger partial charge in [-0.15, -0.1) is 0 Å². The van der Waals surface area contributed by atoms with Gasteiger partial charge in [0.15, 0.2) is 0 Å². The van der Waals surface area contributed by atoms with Gasteiger partial charge < -0.3 is 21.1 Å². The summed E-state index contributed by atoms with van der Waals surface area (Å²) < 4.78 is 0. The first-order valence-electron chi connectivity index (χ1n) is 8.14. The predicted octanol–water partition coefficient (Wildman–Crippen LogP) is 0.462. The molecule has 7 heteroatoms. The van der Waals surface area contributed by atoms with Crippen molar-refractivity contribution in [1.29, 1.82) is 5.41 Å². The zero-order chi connectivity index (χ0) is 17.7. The Labute approximate surface area is 141 Å². The minimum Gasteiger partial charge on any atom is -0.393 e. The summed E-state index contributed by atoms with van der Waals surface area (Å²) >= 11 is 0. The lowest BCUT2D eigenvalue weighted by atomic mass is 10.1. The molecule has 2 rings (SSSR count). The van der Waals surface area contributed by atoms with Gasteiger partial charge in [-0.3, -0.25) is 15.0 Å². The number of aliphatic hydroxyl groups excluding tert-OH is 1. The molecule has 7 nitrogen and oxygen atoms in total. The van der Waals surface area contributed by atoms with Crippen LogP contribution in [0.25, 0.3) is 0 Å². The highest BCUT2D eigenvalue weighted by Crippen LogP contribution is 2.12. The van der Waals surface area contributed by atoms with Crippen molar-refractivity contribution < 1.29 is 14.7 Å². The van der Waals surface area contributed by atoms with E-state index in [9.17, 15) is 14.7 Å². The van der Waals surface area contributed by atoms with Crippen LogP contribution in [0.15, 0.2) is 24.3 Å². The van der Waals surface area contributed by atoms with E-state index in [1.165, 1.54) is 0 Å². The SMILES string of the molecule is CCC(NC(=O)c1ccc(C(=N)N)cc1)C(=O)N1CCC(O)CC1. The normalized spacial score (nSPS) is 16.5. The molecule has 0 saturated carbocycles. The Bertz CT molecular complexity index is 607. The number of likely N-dealkylation sites (tertiary alicyclic amines) is 1. The smallest absolute Gasteiger partial charge is 0.251 e. The van der Waals surface area contributed by atoms with Gasteiger partial charge in [0, 0.05) is 24.2 Å². The van der Waals surface area contributed by atoms with Gasteiger partial charge in [0.2, 0.25) is 5.91 Å². The maximum Gasteiger partial charge on any atom is 0.251 e. The van der Waals surface area contributed by atoms with Crippen LogP contribution in [-0.4, -0.2) is 52.9 Å². The van der Waals surface area contributed by atoms with Crippen LogP contribution in [0, 0.1) is 5.41 Å². The van der Waals surface area contributed by atoms with Crippen molar-refractivity contribution in [2.75, 3.05) is 13.1 Å². The van der Waals surface area contributed by atoms with Crippen LogP contribution in [-0.2, 0) is 4.79 Å². The summed E-state index contributed by atoms with van der Waals surface area (Å²) in [7, 11) is 0. The van der Waals surface area contributed by atoms with Crippen LogP contribution >= 0.6 is 0 Å². The molecule has 1 heterocycles. The maximum atomic E-state index is 12.5. The van der Waals surface area contributed by atoms with Gasteiger partial charge in [-0.25, -0.2) is 0 Å². The standard InChI is InChI=1S/C17H24N4O3/c1-2-14(17(24)21-9-7-13(22)8-10-21)20-16(23)12-5-3-11(4-6-12)15(18)19/h3-6,13-14,22H,2,7-10H2,1H3,(H3,18,19)(H,20,23). The van der Waals surface area contributed by atoms with E-state index in [1.54, 1.807) is 29.2 Å². The number of hydrogen-bond donors (Lipinski definition) is 4. The molecular formula is C17H24N4O3. The largest absolute Gasteiger partial charge is 0.393 e. The lowest BCUT2D eigenvalue weighted by Crippen LogP contribution is -2.51. The second-order valence-electron chi connectivity index (χ2n) is 5.98. The zero-order valence-corrected chi connectivity index (χ0v) is 13.8. The maximum absolute atomic E-state index is 12.5. The van der Waals surface area contributed by atoms with Crippen molar-refractivity contribution in [2.24, 2.45) is 5.73 Å². The number of carbonyl (C=O) groups is 2. The number of piperidine rings is 1. The average molecular weight is 332 g/mol. The fourth-order valence-corrected chi connectivity index (χ4v) is 2.69. The first kappa shape index (κ1) is 17.9. The number of amidine groups is 1. The highest BCUT2D eigenvalue weighted by Gasteiger charge is 2.27. The Hall–Kier alpha value is -2.41. The second-order valence-corrected chi connectivity index (χ2v) is 5.98. The molecule has 1 aromatic rings. The summed E-state index contributed by atoms with van der Waals surface area (Å²) in [5, 5.41) is 19.6. The third-order valence-corrected chi connectivity index (χ3v) is 4.25. The summed E-state index contributed by atoms with van der Waals surface area (Å²) in [6.45, 7) is 2.87. The fraction of sp³-hybridized carbons (Fsp3) is 0.471. The van der Waals surface area contributed by atoms with E-state index < -0.39 is 6.04 Å². The summed E-state index contributed by atoms with van der Waals surface area (Å²) in [5.41, 5.74) is 6.35. The number of rotatable bonds is 5. The first-order valence-corrected chi connectivity index (χ1v) is 8.14. The fourth-order valence-electron chi connectivity index (χ4n) is 2.69. The van der Waals surface area contributed by atoms with E-state index in [2.05, 4.69) is 5.32 Å². The van der Waals surface area contributed by atoms with Crippen molar-refractivity contribution in [2.45, 2.75) is 38.3 Å². The quantitative estimate of drug-likeness (QED) is 0.462. The lowest BCUT2D eigenvalue weighted by molar-refractivity contribution is -0.135. The number of aliphatic hydroxyl groups is 1. The van der Waals surface area contributed by atoms with E-state index >= 15 is 0 Å². The molecule has 130 valence electrons. The Balaban J connectivity index is 1.99. The molecule has 5 N–H and O–H groups in total. The second kappa shape index (κ2) is 7.92. The molecule has 0 bridgehead atoms. The number of benzene rings is 1. The number of amides is 2. The third kappa shape index (κ3) is 4.32. The molecule has 1 aliphatic heterocycles. The Kier molecular flexibility index (Phi) is 5.92. The Morgan fingerprint density at radius 3 is 2.33 bits per heavy atom. The average Bonchev–Trinajstić information content (AvgIpc) is 2.59. The van der Waals surface area contributed by atoms with Gasteiger partial charge in [-0.1, -0.05) is 19.1 Å². The van der Waals surface area contributed by atoms with Crippen LogP contribution in [0.4, 0.5) is 0 Å². The monoisotopic (exact) mass is 332 g/mol. The van der Waals surface area contributed by atoms with E-state index in [0.29, 0.717) is 43.5 Å². The Morgan fingerprint density at radius 2 is 1.83 bits per heavy atom. The third-order valence-electron chi connectivity index (χ3n) is 4.25. The molecular weight excluding hydrogens is 308 g/mol. The predicted molar refractivity (Wildman–Crippen MR) is 90.8 cm³/mol. The molecule has 2 amide bonds. The van der Waals surface area contributed by atoms with Crippen LogP contribution in [0.1, 0.15) is 42.1 Å². The molecule has 1 aromatic carbocycles.